The molecule has 0 spiro atoms. The molecule has 1 rings (SSSR count). The number of rotatable bonds is 5. The molecular formula is C14H21N3O2S. The lowest BCUT2D eigenvalue weighted by Crippen LogP contribution is -2.54. The van der Waals surface area contributed by atoms with Crippen molar-refractivity contribution in [2.24, 2.45) is 5.41 Å². The van der Waals surface area contributed by atoms with Crippen LogP contribution in [0.4, 0.5) is 0 Å². The lowest BCUT2D eigenvalue weighted by Gasteiger charge is -2.31. The highest BCUT2D eigenvalue weighted by atomic mass is 32.1. The molecule has 110 valence electrons. The van der Waals surface area contributed by atoms with E-state index in [0.29, 0.717) is 0 Å². The summed E-state index contributed by atoms with van der Waals surface area (Å²) in [5.74, 6) is -0.808. The summed E-state index contributed by atoms with van der Waals surface area (Å²) in [6.07, 6.45) is 3.28. The fourth-order valence-electron chi connectivity index (χ4n) is 2.24. The SMILES string of the molecule is C=CCN1C(=O)C(=CC(C)(C)CN(C)C)C(=O)NC1=S. The third-order valence-electron chi connectivity index (χ3n) is 2.76. The average Bonchev–Trinajstić information content (AvgIpc) is 2.28. The van der Waals surface area contributed by atoms with E-state index in [1.165, 1.54) is 4.90 Å². The Labute approximate surface area is 125 Å². The minimum Gasteiger partial charge on any atom is -0.309 e. The fourth-order valence-corrected chi connectivity index (χ4v) is 2.49. The standard InChI is InChI=1S/C14H21N3O2S/c1-6-7-17-12(19)10(11(18)15-13(17)20)8-14(2,3)9-16(4)5/h6,8H,1,7,9H2,2-5H3,(H,15,18,20). The quantitative estimate of drug-likeness (QED) is 0.355. The Hall–Kier alpha value is -1.53. The van der Waals surface area contributed by atoms with E-state index in [4.69, 9.17) is 12.2 Å². The van der Waals surface area contributed by atoms with Gasteiger partial charge in [-0.15, -0.1) is 6.58 Å². The Bertz CT molecular complexity index is 481. The Balaban J connectivity index is 3.08. The number of nitrogens with one attached hydrogen (secondary N) is 1. The molecule has 1 aliphatic heterocycles. The Morgan fingerprint density at radius 3 is 2.50 bits per heavy atom. The Kier molecular flexibility index (Phi) is 5.19. The van der Waals surface area contributed by atoms with Gasteiger partial charge in [-0.05, 0) is 31.7 Å². The van der Waals surface area contributed by atoms with Crippen LogP contribution in [0, 0.1) is 5.41 Å². The first-order valence-electron chi connectivity index (χ1n) is 6.33. The van der Waals surface area contributed by atoms with Gasteiger partial charge < -0.3 is 4.90 Å². The predicted molar refractivity (Wildman–Crippen MR) is 83.1 cm³/mol. The summed E-state index contributed by atoms with van der Waals surface area (Å²) in [7, 11) is 3.89. The van der Waals surface area contributed by atoms with Crippen molar-refractivity contribution < 1.29 is 9.59 Å². The molecule has 2 amide bonds. The molecule has 0 saturated carbocycles. The van der Waals surface area contributed by atoms with Gasteiger partial charge in [0, 0.05) is 13.1 Å². The van der Waals surface area contributed by atoms with Crippen molar-refractivity contribution in [2.45, 2.75) is 13.8 Å². The zero-order valence-corrected chi connectivity index (χ0v) is 13.2. The molecule has 0 aromatic heterocycles. The molecule has 5 nitrogen and oxygen atoms in total. The van der Waals surface area contributed by atoms with Gasteiger partial charge >= 0.3 is 0 Å². The van der Waals surface area contributed by atoms with Gasteiger partial charge in [-0.1, -0.05) is 26.0 Å². The predicted octanol–water partition coefficient (Wildman–Crippen LogP) is 0.930. The van der Waals surface area contributed by atoms with Crippen molar-refractivity contribution in [1.29, 1.82) is 0 Å². The van der Waals surface area contributed by atoms with Crippen molar-refractivity contribution >= 4 is 29.1 Å². The lowest BCUT2D eigenvalue weighted by atomic mass is 9.89. The second-order valence-electron chi connectivity index (χ2n) is 5.75. The maximum atomic E-state index is 12.3. The van der Waals surface area contributed by atoms with Gasteiger partial charge in [0.25, 0.3) is 11.8 Å². The third-order valence-corrected chi connectivity index (χ3v) is 3.08. The molecule has 20 heavy (non-hydrogen) atoms. The zero-order chi connectivity index (χ0) is 15.5. The summed E-state index contributed by atoms with van der Waals surface area (Å²) in [6, 6.07) is 0. The first-order valence-corrected chi connectivity index (χ1v) is 6.74. The first kappa shape index (κ1) is 16.5. The van der Waals surface area contributed by atoms with Gasteiger partial charge in [-0.2, -0.15) is 0 Å². The van der Waals surface area contributed by atoms with Crippen molar-refractivity contribution in [3.8, 4) is 0 Å². The zero-order valence-electron chi connectivity index (χ0n) is 12.4. The van der Waals surface area contributed by atoms with Crippen molar-refractivity contribution in [1.82, 2.24) is 15.1 Å². The molecule has 0 bridgehead atoms. The van der Waals surface area contributed by atoms with E-state index in [1.54, 1.807) is 12.2 Å². The largest absolute Gasteiger partial charge is 0.309 e. The fraction of sp³-hybridized carbons (Fsp3) is 0.500. The number of thiocarbonyl (C=S) groups is 1. The molecule has 0 aliphatic carbocycles. The van der Waals surface area contributed by atoms with E-state index in [0.717, 1.165) is 6.54 Å². The van der Waals surface area contributed by atoms with Crippen molar-refractivity contribution in [3.63, 3.8) is 0 Å². The second kappa shape index (κ2) is 6.28. The average molecular weight is 295 g/mol. The Morgan fingerprint density at radius 1 is 1.40 bits per heavy atom. The summed E-state index contributed by atoms with van der Waals surface area (Å²) in [6.45, 7) is 8.55. The molecule has 1 N–H and O–H groups in total. The van der Waals surface area contributed by atoms with E-state index < -0.39 is 5.91 Å². The monoisotopic (exact) mass is 295 g/mol. The smallest absolute Gasteiger partial charge is 0.265 e. The highest BCUT2D eigenvalue weighted by molar-refractivity contribution is 7.80. The maximum absolute atomic E-state index is 12.3. The van der Waals surface area contributed by atoms with Crippen molar-refractivity contribution in [3.05, 3.63) is 24.3 Å². The molecule has 1 fully saturated rings. The van der Waals surface area contributed by atoms with Gasteiger partial charge in [0.05, 0.1) is 0 Å². The Morgan fingerprint density at radius 2 is 2.00 bits per heavy atom. The van der Waals surface area contributed by atoms with Crippen LogP contribution < -0.4 is 5.32 Å². The lowest BCUT2D eigenvalue weighted by molar-refractivity contribution is -0.128. The molecule has 0 atom stereocenters. The van der Waals surface area contributed by atoms with Crippen LogP contribution in [0.3, 0.4) is 0 Å². The highest BCUT2D eigenvalue weighted by Crippen LogP contribution is 2.22. The number of hydrogen-bond acceptors (Lipinski definition) is 4. The number of nitrogens with zero attached hydrogens (tertiary/aromatic N) is 2. The molecule has 1 aliphatic rings. The summed E-state index contributed by atoms with van der Waals surface area (Å²) >= 11 is 5.00. The van der Waals surface area contributed by atoms with Crippen LogP contribution in [-0.2, 0) is 9.59 Å². The normalized spacial score (nSPS) is 18.8. The second-order valence-corrected chi connectivity index (χ2v) is 6.13. The molecule has 0 unspecified atom stereocenters. The van der Waals surface area contributed by atoms with Crippen LogP contribution >= 0.6 is 12.2 Å². The number of carbonyl (C=O) groups is 2. The van der Waals surface area contributed by atoms with Gasteiger partial charge in [0.2, 0.25) is 0 Å². The third kappa shape index (κ3) is 3.98. The highest BCUT2D eigenvalue weighted by Gasteiger charge is 2.34. The van der Waals surface area contributed by atoms with Crippen LogP contribution in [0.2, 0.25) is 0 Å². The number of carbonyl (C=O) groups excluding carboxylic acids is 2. The first-order chi connectivity index (χ1) is 9.18. The molecule has 1 heterocycles. The minimum atomic E-state index is -0.438. The molecule has 0 aromatic rings. The van der Waals surface area contributed by atoms with E-state index in [1.807, 2.05) is 32.8 Å². The minimum absolute atomic E-state index is 0.127. The van der Waals surface area contributed by atoms with Gasteiger partial charge in [-0.25, -0.2) is 0 Å². The summed E-state index contributed by atoms with van der Waals surface area (Å²) in [5, 5.41) is 2.67. The maximum Gasteiger partial charge on any atom is 0.265 e. The van der Waals surface area contributed by atoms with Gasteiger partial charge in [0.1, 0.15) is 5.57 Å². The van der Waals surface area contributed by atoms with E-state index in [-0.39, 0.29) is 28.6 Å². The summed E-state index contributed by atoms with van der Waals surface area (Å²) in [4.78, 5) is 27.7. The molecule has 0 aromatic carbocycles. The molecule has 1 saturated heterocycles. The summed E-state index contributed by atoms with van der Waals surface area (Å²) < 4.78 is 0. The number of hydrogen-bond donors (Lipinski definition) is 1. The van der Waals surface area contributed by atoms with Gasteiger partial charge in [0.15, 0.2) is 5.11 Å². The van der Waals surface area contributed by atoms with Crippen LogP contribution in [0.1, 0.15) is 13.8 Å². The van der Waals surface area contributed by atoms with Gasteiger partial charge in [-0.3, -0.25) is 19.8 Å². The van der Waals surface area contributed by atoms with Crippen molar-refractivity contribution in [2.75, 3.05) is 27.2 Å². The van der Waals surface area contributed by atoms with E-state index >= 15 is 0 Å². The topological polar surface area (TPSA) is 52.7 Å². The molecule has 6 heteroatoms. The van der Waals surface area contributed by atoms with E-state index in [9.17, 15) is 9.59 Å². The van der Waals surface area contributed by atoms with Crippen LogP contribution in [0.15, 0.2) is 24.3 Å². The van der Waals surface area contributed by atoms with Crippen LogP contribution in [0.25, 0.3) is 0 Å². The molecular weight excluding hydrogens is 274 g/mol. The van der Waals surface area contributed by atoms with Crippen LogP contribution in [0.5, 0.6) is 0 Å². The summed E-state index contributed by atoms with van der Waals surface area (Å²) in [5.41, 5.74) is -0.169. The molecule has 0 radical (unpaired) electrons. The van der Waals surface area contributed by atoms with Crippen LogP contribution in [-0.4, -0.2) is 53.9 Å². The number of amides is 2. The van der Waals surface area contributed by atoms with E-state index in [2.05, 4.69) is 11.9 Å².